The second-order valence-electron chi connectivity index (χ2n) is 7.14. The van der Waals surface area contributed by atoms with Gasteiger partial charge in [-0.25, -0.2) is 4.79 Å². The summed E-state index contributed by atoms with van der Waals surface area (Å²) in [6.45, 7) is 5.21. The summed E-state index contributed by atoms with van der Waals surface area (Å²) >= 11 is 0. The molecule has 154 valence electrons. The minimum atomic E-state index is -1.06. The van der Waals surface area contributed by atoms with Gasteiger partial charge in [0, 0.05) is 18.3 Å². The van der Waals surface area contributed by atoms with Crippen molar-refractivity contribution in [1.82, 2.24) is 5.32 Å². The molecule has 7 nitrogen and oxygen atoms in total. The lowest BCUT2D eigenvalue weighted by molar-refractivity contribution is -0.139. The first-order valence-electron chi connectivity index (χ1n) is 9.28. The number of rotatable bonds is 8. The summed E-state index contributed by atoms with van der Waals surface area (Å²) in [6.07, 6.45) is 0. The molecule has 2 aromatic carbocycles. The second kappa shape index (κ2) is 9.73. The standard InChI is InChI=1S/C22H26N2O5/c1-14(2)20(23-21(27)16-7-5-6-15(3)12-16)22(28)24(4)17-8-10-18(11-9-17)29-13-19(25)26/h5-12,14,20H,13H2,1-4H3,(H,23,27)(H,25,26). The van der Waals surface area contributed by atoms with Crippen molar-refractivity contribution in [1.29, 1.82) is 0 Å². The molecule has 0 bridgehead atoms. The quantitative estimate of drug-likeness (QED) is 0.713. The van der Waals surface area contributed by atoms with Crippen LogP contribution in [0.1, 0.15) is 29.8 Å². The number of carboxylic acids is 1. The molecule has 0 fully saturated rings. The molecular formula is C22H26N2O5. The Bertz CT molecular complexity index is 877. The number of carbonyl (C=O) groups excluding carboxylic acids is 2. The van der Waals surface area contributed by atoms with Crippen LogP contribution in [0, 0.1) is 12.8 Å². The van der Waals surface area contributed by atoms with E-state index < -0.39 is 18.6 Å². The van der Waals surface area contributed by atoms with Gasteiger partial charge in [-0.1, -0.05) is 31.5 Å². The van der Waals surface area contributed by atoms with Crippen molar-refractivity contribution in [3.63, 3.8) is 0 Å². The second-order valence-corrected chi connectivity index (χ2v) is 7.14. The van der Waals surface area contributed by atoms with Crippen LogP contribution in [0.4, 0.5) is 5.69 Å². The largest absolute Gasteiger partial charge is 0.482 e. The number of aliphatic carboxylic acids is 1. The third-order valence-electron chi connectivity index (χ3n) is 4.42. The van der Waals surface area contributed by atoms with Crippen LogP contribution in [-0.4, -0.2) is 42.6 Å². The fourth-order valence-electron chi connectivity index (χ4n) is 2.77. The highest BCUT2D eigenvalue weighted by atomic mass is 16.5. The van der Waals surface area contributed by atoms with Crippen molar-refractivity contribution in [3.8, 4) is 5.75 Å². The minimum absolute atomic E-state index is 0.114. The van der Waals surface area contributed by atoms with E-state index in [0.29, 0.717) is 17.0 Å². The topological polar surface area (TPSA) is 95.9 Å². The maximum absolute atomic E-state index is 13.0. The Balaban J connectivity index is 2.11. The first-order valence-corrected chi connectivity index (χ1v) is 9.28. The molecule has 7 heteroatoms. The number of likely N-dealkylation sites (N-methyl/N-ethyl adjacent to an activating group) is 1. The fourth-order valence-corrected chi connectivity index (χ4v) is 2.77. The van der Waals surface area contributed by atoms with E-state index in [1.807, 2.05) is 26.8 Å². The van der Waals surface area contributed by atoms with Crippen LogP contribution in [0.3, 0.4) is 0 Å². The van der Waals surface area contributed by atoms with Gasteiger partial charge in [0.25, 0.3) is 5.91 Å². The Morgan fingerprint density at radius 1 is 1.10 bits per heavy atom. The van der Waals surface area contributed by atoms with Crippen molar-refractivity contribution < 1.29 is 24.2 Å². The van der Waals surface area contributed by atoms with Crippen LogP contribution in [0.25, 0.3) is 0 Å². The first kappa shape index (κ1) is 21.9. The summed E-state index contributed by atoms with van der Waals surface area (Å²) in [6, 6.07) is 13.0. The molecule has 2 rings (SSSR count). The lowest BCUT2D eigenvalue weighted by Crippen LogP contribution is -2.50. The van der Waals surface area contributed by atoms with Crippen molar-refractivity contribution in [3.05, 3.63) is 59.7 Å². The van der Waals surface area contributed by atoms with Crippen LogP contribution < -0.4 is 15.0 Å². The third-order valence-corrected chi connectivity index (χ3v) is 4.42. The van der Waals surface area contributed by atoms with Gasteiger partial charge in [-0.2, -0.15) is 0 Å². The summed E-state index contributed by atoms with van der Waals surface area (Å²) < 4.78 is 5.10. The maximum atomic E-state index is 13.0. The van der Waals surface area contributed by atoms with Gasteiger partial charge in [0.2, 0.25) is 5.91 Å². The smallest absolute Gasteiger partial charge is 0.341 e. The van der Waals surface area contributed by atoms with Gasteiger partial charge in [-0.05, 0) is 49.2 Å². The van der Waals surface area contributed by atoms with E-state index in [2.05, 4.69) is 5.32 Å². The Morgan fingerprint density at radius 3 is 2.31 bits per heavy atom. The number of amides is 2. The van der Waals surface area contributed by atoms with Gasteiger partial charge in [0.15, 0.2) is 6.61 Å². The number of hydrogen-bond donors (Lipinski definition) is 2. The van der Waals surface area contributed by atoms with Crippen LogP contribution in [-0.2, 0) is 9.59 Å². The predicted octanol–water partition coefficient (Wildman–Crippen LogP) is 2.88. The molecule has 0 heterocycles. The Hall–Kier alpha value is -3.35. The highest BCUT2D eigenvalue weighted by Gasteiger charge is 2.28. The number of carboxylic acid groups (broad SMARTS) is 1. The zero-order valence-corrected chi connectivity index (χ0v) is 17.0. The van der Waals surface area contributed by atoms with Crippen molar-refractivity contribution in [2.75, 3.05) is 18.6 Å². The van der Waals surface area contributed by atoms with Gasteiger partial charge in [0.1, 0.15) is 11.8 Å². The van der Waals surface area contributed by atoms with Crippen molar-refractivity contribution in [2.24, 2.45) is 5.92 Å². The van der Waals surface area contributed by atoms with E-state index in [0.717, 1.165) is 5.56 Å². The number of carbonyl (C=O) groups is 3. The minimum Gasteiger partial charge on any atom is -0.482 e. The zero-order valence-electron chi connectivity index (χ0n) is 17.0. The molecule has 0 radical (unpaired) electrons. The fraction of sp³-hybridized carbons (Fsp3) is 0.318. The van der Waals surface area contributed by atoms with Gasteiger partial charge in [-0.3, -0.25) is 9.59 Å². The monoisotopic (exact) mass is 398 g/mol. The van der Waals surface area contributed by atoms with E-state index in [-0.39, 0.29) is 17.7 Å². The van der Waals surface area contributed by atoms with Crippen molar-refractivity contribution >= 4 is 23.5 Å². The number of anilines is 1. The van der Waals surface area contributed by atoms with Crippen LogP contribution in [0.5, 0.6) is 5.75 Å². The van der Waals surface area contributed by atoms with Crippen LogP contribution >= 0.6 is 0 Å². The lowest BCUT2D eigenvalue weighted by atomic mass is 10.0. The van der Waals surface area contributed by atoms with E-state index in [4.69, 9.17) is 9.84 Å². The number of aryl methyl sites for hydroxylation is 1. The molecule has 2 amide bonds. The summed E-state index contributed by atoms with van der Waals surface area (Å²) in [5, 5.41) is 11.5. The molecule has 0 aliphatic heterocycles. The number of nitrogens with zero attached hydrogens (tertiary/aromatic N) is 1. The summed E-state index contributed by atoms with van der Waals surface area (Å²) in [7, 11) is 1.63. The molecule has 29 heavy (non-hydrogen) atoms. The molecule has 1 atom stereocenters. The number of ether oxygens (including phenoxy) is 1. The van der Waals surface area contributed by atoms with Gasteiger partial charge in [-0.15, -0.1) is 0 Å². The van der Waals surface area contributed by atoms with Crippen LogP contribution in [0.2, 0.25) is 0 Å². The molecule has 2 N–H and O–H groups in total. The molecule has 0 saturated heterocycles. The maximum Gasteiger partial charge on any atom is 0.341 e. The molecule has 0 saturated carbocycles. The normalized spacial score (nSPS) is 11.6. The van der Waals surface area contributed by atoms with Gasteiger partial charge in [0.05, 0.1) is 0 Å². The molecule has 2 aromatic rings. The molecule has 0 aromatic heterocycles. The molecular weight excluding hydrogens is 372 g/mol. The predicted molar refractivity (Wildman–Crippen MR) is 110 cm³/mol. The molecule has 1 unspecified atom stereocenters. The first-order chi connectivity index (χ1) is 13.7. The highest BCUT2D eigenvalue weighted by Crippen LogP contribution is 2.20. The lowest BCUT2D eigenvalue weighted by Gasteiger charge is -2.27. The van der Waals surface area contributed by atoms with E-state index in [9.17, 15) is 14.4 Å². The van der Waals surface area contributed by atoms with Crippen LogP contribution in [0.15, 0.2) is 48.5 Å². The zero-order chi connectivity index (χ0) is 21.6. The van der Waals surface area contributed by atoms with E-state index >= 15 is 0 Å². The average molecular weight is 398 g/mol. The molecule has 0 aliphatic carbocycles. The average Bonchev–Trinajstić information content (AvgIpc) is 2.69. The Morgan fingerprint density at radius 2 is 1.76 bits per heavy atom. The summed E-state index contributed by atoms with van der Waals surface area (Å²) in [5.74, 6) is -1.33. The van der Waals surface area contributed by atoms with Gasteiger partial charge >= 0.3 is 5.97 Å². The summed E-state index contributed by atoms with van der Waals surface area (Å²) in [5.41, 5.74) is 2.08. The Kier molecular flexibility index (Phi) is 7.36. The van der Waals surface area contributed by atoms with Crippen molar-refractivity contribution in [2.45, 2.75) is 26.8 Å². The molecule has 0 aliphatic rings. The molecule has 0 spiro atoms. The number of nitrogens with one attached hydrogen (secondary N) is 1. The SMILES string of the molecule is Cc1cccc(C(=O)NC(C(=O)N(C)c2ccc(OCC(=O)O)cc2)C(C)C)c1. The van der Waals surface area contributed by atoms with Gasteiger partial charge < -0.3 is 20.1 Å². The van der Waals surface area contributed by atoms with E-state index in [1.165, 1.54) is 4.90 Å². The van der Waals surface area contributed by atoms with E-state index in [1.54, 1.807) is 49.5 Å². The third kappa shape index (κ3) is 6.07. The number of hydrogen-bond acceptors (Lipinski definition) is 4. The number of benzene rings is 2. The Labute approximate surface area is 170 Å². The highest BCUT2D eigenvalue weighted by molar-refractivity contribution is 6.02. The summed E-state index contributed by atoms with van der Waals surface area (Å²) in [4.78, 5) is 37.7.